The van der Waals surface area contributed by atoms with Gasteiger partial charge in [-0.25, -0.2) is 9.78 Å². The van der Waals surface area contributed by atoms with Gasteiger partial charge in [-0.15, -0.1) is 0 Å². The minimum Gasteiger partial charge on any atom is -0.467 e. The SMILES string of the molecule is COCOc1cc(Cl)ccc1-c1cc(-c2cccc(NC(=O)CCNC(=O)O)c2)c(C#N)c(NC(=O)c2ccco2)n1. The normalized spacial score (nSPS) is 10.4. The first-order chi connectivity index (χ1) is 20.3. The van der Waals surface area contributed by atoms with Gasteiger partial charge < -0.3 is 34.9 Å². The minimum atomic E-state index is -1.23. The van der Waals surface area contributed by atoms with Crippen molar-refractivity contribution in [3.63, 3.8) is 0 Å². The lowest BCUT2D eigenvalue weighted by atomic mass is 9.97. The van der Waals surface area contributed by atoms with Crippen LogP contribution in [0, 0.1) is 11.3 Å². The highest BCUT2D eigenvalue weighted by atomic mass is 35.5. The number of hydrogen-bond donors (Lipinski definition) is 4. The van der Waals surface area contributed by atoms with Crippen LogP contribution in [0.25, 0.3) is 22.4 Å². The number of hydrogen-bond acceptors (Lipinski definition) is 8. The van der Waals surface area contributed by atoms with Gasteiger partial charge in [0.2, 0.25) is 5.91 Å². The Morgan fingerprint density at radius 2 is 1.90 bits per heavy atom. The van der Waals surface area contributed by atoms with Crippen molar-refractivity contribution in [3.05, 3.63) is 83.3 Å². The minimum absolute atomic E-state index is 0.0188. The van der Waals surface area contributed by atoms with Gasteiger partial charge in [0.15, 0.2) is 18.4 Å². The molecule has 4 aromatic rings. The Balaban J connectivity index is 1.80. The number of aromatic nitrogens is 1. The molecule has 13 heteroatoms. The van der Waals surface area contributed by atoms with E-state index in [9.17, 15) is 19.6 Å². The number of halogens is 1. The number of benzene rings is 2. The lowest BCUT2D eigenvalue weighted by Gasteiger charge is -2.16. The summed E-state index contributed by atoms with van der Waals surface area (Å²) >= 11 is 6.20. The van der Waals surface area contributed by atoms with Crippen molar-refractivity contribution in [1.82, 2.24) is 10.3 Å². The van der Waals surface area contributed by atoms with Crippen LogP contribution in [0.15, 0.2) is 71.3 Å². The molecular formula is C29H24ClN5O7. The summed E-state index contributed by atoms with van der Waals surface area (Å²) < 4.78 is 15.9. The third kappa shape index (κ3) is 7.42. The Kier molecular flexibility index (Phi) is 9.73. The largest absolute Gasteiger partial charge is 0.467 e. The van der Waals surface area contributed by atoms with Crippen LogP contribution in [0.1, 0.15) is 22.5 Å². The molecule has 12 nitrogen and oxygen atoms in total. The van der Waals surface area contributed by atoms with E-state index < -0.39 is 17.9 Å². The van der Waals surface area contributed by atoms with Crippen LogP contribution in [-0.4, -0.2) is 48.4 Å². The lowest BCUT2D eigenvalue weighted by molar-refractivity contribution is -0.116. The molecular weight excluding hydrogens is 566 g/mol. The number of methoxy groups -OCH3 is 1. The fraction of sp³-hybridized carbons (Fsp3) is 0.138. The average Bonchev–Trinajstić information content (AvgIpc) is 3.51. The van der Waals surface area contributed by atoms with Gasteiger partial charge in [0.05, 0.1) is 12.0 Å². The number of rotatable bonds is 11. The molecule has 3 amide bonds. The van der Waals surface area contributed by atoms with Crippen molar-refractivity contribution >= 4 is 41.0 Å². The van der Waals surface area contributed by atoms with Crippen molar-refractivity contribution in [2.75, 3.05) is 31.1 Å². The number of nitrogens with one attached hydrogen (secondary N) is 3. The molecule has 2 aromatic carbocycles. The zero-order chi connectivity index (χ0) is 30.1. The Morgan fingerprint density at radius 1 is 1.07 bits per heavy atom. The number of amides is 3. The van der Waals surface area contributed by atoms with E-state index in [2.05, 4.69) is 27.0 Å². The van der Waals surface area contributed by atoms with Gasteiger partial charge in [-0.1, -0.05) is 23.7 Å². The second kappa shape index (κ2) is 13.8. The Morgan fingerprint density at radius 3 is 2.62 bits per heavy atom. The van der Waals surface area contributed by atoms with Crippen LogP contribution in [0.3, 0.4) is 0 Å². The van der Waals surface area contributed by atoms with Gasteiger partial charge >= 0.3 is 6.09 Å². The van der Waals surface area contributed by atoms with Crippen molar-refractivity contribution in [2.24, 2.45) is 0 Å². The molecule has 2 aromatic heterocycles. The molecule has 4 rings (SSSR count). The zero-order valence-electron chi connectivity index (χ0n) is 22.1. The maximum Gasteiger partial charge on any atom is 0.404 e. The lowest BCUT2D eigenvalue weighted by Crippen LogP contribution is -2.25. The summed E-state index contributed by atoms with van der Waals surface area (Å²) in [6.07, 6.45) is 0.0390. The summed E-state index contributed by atoms with van der Waals surface area (Å²) in [6, 6.07) is 18.4. The molecule has 0 saturated heterocycles. The highest BCUT2D eigenvalue weighted by Gasteiger charge is 2.21. The molecule has 2 heterocycles. The summed E-state index contributed by atoms with van der Waals surface area (Å²) in [6.45, 7) is -0.122. The van der Waals surface area contributed by atoms with Crippen molar-refractivity contribution in [2.45, 2.75) is 6.42 Å². The van der Waals surface area contributed by atoms with E-state index in [0.29, 0.717) is 38.8 Å². The molecule has 4 N–H and O–H groups in total. The van der Waals surface area contributed by atoms with E-state index in [4.69, 9.17) is 30.6 Å². The molecule has 0 bridgehead atoms. The quantitative estimate of drug-likeness (QED) is 0.168. The molecule has 0 spiro atoms. The Labute approximate surface area is 244 Å². The molecule has 0 saturated carbocycles. The molecule has 0 fully saturated rings. The van der Waals surface area contributed by atoms with E-state index in [1.165, 1.54) is 19.4 Å². The fourth-order valence-electron chi connectivity index (χ4n) is 3.91. The number of nitriles is 1. The van der Waals surface area contributed by atoms with Crippen LogP contribution < -0.4 is 20.7 Å². The van der Waals surface area contributed by atoms with Crippen LogP contribution in [0.5, 0.6) is 5.75 Å². The molecule has 0 unspecified atom stereocenters. The number of anilines is 2. The highest BCUT2D eigenvalue weighted by Crippen LogP contribution is 2.37. The first-order valence-electron chi connectivity index (χ1n) is 12.4. The average molecular weight is 590 g/mol. The van der Waals surface area contributed by atoms with Gasteiger partial charge in [0.25, 0.3) is 5.91 Å². The van der Waals surface area contributed by atoms with E-state index in [0.717, 1.165) is 0 Å². The van der Waals surface area contributed by atoms with Gasteiger partial charge in [-0.3, -0.25) is 9.59 Å². The van der Waals surface area contributed by atoms with E-state index in [-0.39, 0.29) is 36.9 Å². The maximum atomic E-state index is 12.9. The van der Waals surface area contributed by atoms with E-state index in [1.54, 1.807) is 54.6 Å². The Bertz CT molecular complexity index is 1650. The number of ether oxygens (including phenoxy) is 2. The Hall–Kier alpha value is -5.38. The molecule has 0 atom stereocenters. The summed E-state index contributed by atoms with van der Waals surface area (Å²) in [7, 11) is 1.47. The molecule has 0 radical (unpaired) electrons. The molecule has 42 heavy (non-hydrogen) atoms. The number of furan rings is 1. The second-order valence-corrected chi connectivity index (χ2v) is 9.06. The first-order valence-corrected chi connectivity index (χ1v) is 12.8. The standard InChI is InChI=1S/C29H24ClN5O7/c1-40-16-42-25-13-18(30)7-8-20(25)23-14-21(22(15-31)27(34-23)35-28(37)24-6-3-11-41-24)17-4-2-5-19(12-17)33-26(36)9-10-32-29(38)39/h2-8,11-14,32H,9-10,16H2,1H3,(H,33,36)(H,38,39)(H,34,35,37). The molecule has 0 aliphatic rings. The monoisotopic (exact) mass is 589 g/mol. The number of carboxylic acid groups (broad SMARTS) is 1. The van der Waals surface area contributed by atoms with E-state index in [1.807, 2.05) is 0 Å². The smallest absolute Gasteiger partial charge is 0.404 e. The highest BCUT2D eigenvalue weighted by molar-refractivity contribution is 6.30. The van der Waals surface area contributed by atoms with Crippen LogP contribution in [0.2, 0.25) is 5.02 Å². The summed E-state index contributed by atoms with van der Waals surface area (Å²) in [5.74, 6) is -0.690. The number of carbonyl (C=O) groups excluding carboxylic acids is 2. The fourth-order valence-corrected chi connectivity index (χ4v) is 4.07. The number of carbonyl (C=O) groups is 3. The molecule has 214 valence electrons. The predicted octanol–water partition coefficient (Wildman–Crippen LogP) is 5.36. The third-order valence-electron chi connectivity index (χ3n) is 5.75. The second-order valence-electron chi connectivity index (χ2n) is 8.62. The van der Waals surface area contributed by atoms with E-state index >= 15 is 0 Å². The van der Waals surface area contributed by atoms with Gasteiger partial charge in [-0.2, -0.15) is 5.26 Å². The van der Waals surface area contributed by atoms with Crippen LogP contribution >= 0.6 is 11.6 Å². The first kappa shape index (κ1) is 29.6. The van der Waals surface area contributed by atoms with Gasteiger partial charge in [0.1, 0.15) is 17.4 Å². The topological polar surface area (TPSA) is 176 Å². The zero-order valence-corrected chi connectivity index (χ0v) is 22.9. The number of nitrogens with zero attached hydrogens (tertiary/aromatic N) is 2. The van der Waals surface area contributed by atoms with Gasteiger partial charge in [-0.05, 0) is 54.1 Å². The molecule has 0 aliphatic heterocycles. The van der Waals surface area contributed by atoms with Crippen LogP contribution in [-0.2, 0) is 9.53 Å². The third-order valence-corrected chi connectivity index (χ3v) is 5.98. The predicted molar refractivity (Wildman–Crippen MR) is 153 cm³/mol. The summed E-state index contributed by atoms with van der Waals surface area (Å²) in [4.78, 5) is 40.5. The summed E-state index contributed by atoms with van der Waals surface area (Å²) in [5.41, 5.74) is 2.24. The van der Waals surface area contributed by atoms with Crippen LogP contribution in [0.4, 0.5) is 16.3 Å². The molecule has 0 aliphatic carbocycles. The van der Waals surface area contributed by atoms with Gasteiger partial charge in [0, 0.05) is 41.9 Å². The summed E-state index contributed by atoms with van der Waals surface area (Å²) in [5, 5.41) is 26.8. The van der Waals surface area contributed by atoms with Crippen molar-refractivity contribution in [1.29, 1.82) is 5.26 Å². The number of pyridine rings is 1. The van der Waals surface area contributed by atoms with Crippen molar-refractivity contribution in [3.8, 4) is 34.2 Å². The van der Waals surface area contributed by atoms with Crippen molar-refractivity contribution < 1.29 is 33.4 Å². The maximum absolute atomic E-state index is 12.9.